The molecular formula is C49H56N3O5S2+. The van der Waals surface area contributed by atoms with E-state index in [-0.39, 0.29) is 28.7 Å². The second kappa shape index (κ2) is 17.8. The maximum absolute atomic E-state index is 11.5. The number of isothiocyanates is 1. The number of aliphatic imine (C=N–C) groups is 1. The third-order valence-electron chi connectivity index (χ3n) is 12.4. The Balaban J connectivity index is 1.27. The van der Waals surface area contributed by atoms with E-state index in [0.29, 0.717) is 19.4 Å². The van der Waals surface area contributed by atoms with E-state index in [1.54, 1.807) is 7.11 Å². The molecule has 2 heterocycles. The molecule has 0 aromatic heterocycles. The quantitative estimate of drug-likeness (QED) is 0.0395. The molecule has 3 aliphatic rings. The standard InChI is InChI=1S/C49H55N3O5S2/c1-48(2)45(51(31-13-30-50-34-58)44-27-21-35-14-6-7-17-40(35)46(44)48)28-22-36-15-12-16-37(47(36)57-39-25-23-38(56-5)24-26-39)29-32-52-43(20-10-11-33-59(53,54)55)41-18-8-9-19-42(41)49(52,3)4/h6-9,14,17-19,21-29,32,37,43H,10-13,15-16,20,30-31,33H2,1-5H3/p+1/b28-22+,32-29+. The number of benzene rings is 4. The van der Waals surface area contributed by atoms with E-state index < -0.39 is 10.1 Å². The molecule has 0 amide bonds. The minimum Gasteiger partial charge on any atom is -0.497 e. The molecule has 1 N–H and O–H groups in total. The highest BCUT2D eigenvalue weighted by Gasteiger charge is 2.46. The Bertz CT molecular complexity index is 2480. The summed E-state index contributed by atoms with van der Waals surface area (Å²) in [5, 5.41) is 5.04. The smallest absolute Gasteiger partial charge is 0.264 e. The molecule has 2 atom stereocenters. The summed E-state index contributed by atoms with van der Waals surface area (Å²) in [5.74, 6) is 2.25. The van der Waals surface area contributed by atoms with Crippen molar-refractivity contribution in [1.29, 1.82) is 0 Å². The summed E-state index contributed by atoms with van der Waals surface area (Å²) in [6.45, 7) is 10.6. The van der Waals surface area contributed by atoms with Crippen molar-refractivity contribution in [1.82, 2.24) is 4.90 Å². The number of ether oxygens (including phenoxy) is 2. The van der Waals surface area contributed by atoms with Crippen molar-refractivity contribution in [3.63, 3.8) is 0 Å². The van der Waals surface area contributed by atoms with Crippen LogP contribution in [0, 0.1) is 5.92 Å². The number of unbranched alkanes of at least 4 members (excludes halogenated alkanes) is 1. The molecule has 4 aromatic rings. The van der Waals surface area contributed by atoms with Crippen LogP contribution in [-0.2, 0) is 21.1 Å². The lowest BCUT2D eigenvalue weighted by Crippen LogP contribution is -2.33. The van der Waals surface area contributed by atoms with E-state index in [4.69, 9.17) is 21.7 Å². The van der Waals surface area contributed by atoms with Gasteiger partial charge in [0.15, 0.2) is 12.3 Å². The fraction of sp³-hybridized carbons (Fsp3) is 0.388. The largest absolute Gasteiger partial charge is 0.497 e. The van der Waals surface area contributed by atoms with Crippen LogP contribution in [0.15, 0.2) is 126 Å². The van der Waals surface area contributed by atoms with Gasteiger partial charge < -0.3 is 14.4 Å². The highest BCUT2D eigenvalue weighted by Crippen LogP contribution is 2.49. The van der Waals surface area contributed by atoms with Crippen molar-refractivity contribution >= 4 is 49.7 Å². The Morgan fingerprint density at radius 1 is 0.949 bits per heavy atom. The van der Waals surface area contributed by atoms with Crippen LogP contribution in [0.25, 0.3) is 10.8 Å². The Labute approximate surface area is 355 Å². The first-order valence-electron chi connectivity index (χ1n) is 20.8. The summed E-state index contributed by atoms with van der Waals surface area (Å²) in [7, 11) is -2.34. The lowest BCUT2D eigenvalue weighted by molar-refractivity contribution is -0.437. The number of methoxy groups -OCH3 is 1. The molecule has 0 saturated carbocycles. The van der Waals surface area contributed by atoms with Crippen LogP contribution in [0.1, 0.15) is 95.4 Å². The molecule has 1 aliphatic carbocycles. The molecular weight excluding hydrogens is 775 g/mol. The average molecular weight is 831 g/mol. The first kappa shape index (κ1) is 42.3. The van der Waals surface area contributed by atoms with E-state index in [1.165, 1.54) is 44.4 Å². The van der Waals surface area contributed by atoms with Gasteiger partial charge in [-0.05, 0) is 149 Å². The SMILES string of the molecule is COc1ccc(OC2=C(/C=C/C3=[N+](CCCN=C=S)c4ccc5ccccc5c4C3(C)C)CCCC2/C=C/N2C(CCCCS(=O)(=O)O)c3ccccc3C2(C)C)cc1. The van der Waals surface area contributed by atoms with Gasteiger partial charge in [0.05, 0.1) is 41.6 Å². The van der Waals surface area contributed by atoms with E-state index in [9.17, 15) is 13.0 Å². The van der Waals surface area contributed by atoms with Crippen LogP contribution >= 0.6 is 12.2 Å². The van der Waals surface area contributed by atoms with Gasteiger partial charge in [0, 0.05) is 30.0 Å². The van der Waals surface area contributed by atoms with Crippen LogP contribution in [0.5, 0.6) is 11.5 Å². The highest BCUT2D eigenvalue weighted by molar-refractivity contribution is 7.85. The van der Waals surface area contributed by atoms with Gasteiger partial charge in [0.25, 0.3) is 10.1 Å². The summed E-state index contributed by atoms with van der Waals surface area (Å²) in [6, 6.07) is 29.6. The zero-order valence-electron chi connectivity index (χ0n) is 34.9. The molecule has 7 rings (SSSR count). The number of nitrogens with zero attached hydrogens (tertiary/aromatic N) is 3. The topological polar surface area (TPSA) is 91.4 Å². The van der Waals surface area contributed by atoms with Gasteiger partial charge in [-0.1, -0.05) is 54.6 Å². The first-order chi connectivity index (χ1) is 28.3. The minimum atomic E-state index is -4.00. The van der Waals surface area contributed by atoms with Crippen molar-refractivity contribution in [2.75, 3.05) is 26.0 Å². The fourth-order valence-corrected chi connectivity index (χ4v) is 10.2. The van der Waals surface area contributed by atoms with Crippen LogP contribution in [0.3, 0.4) is 0 Å². The van der Waals surface area contributed by atoms with Crippen molar-refractivity contribution in [3.05, 3.63) is 137 Å². The van der Waals surface area contributed by atoms with Crippen LogP contribution < -0.4 is 9.47 Å². The van der Waals surface area contributed by atoms with Crippen molar-refractivity contribution in [3.8, 4) is 11.5 Å². The predicted octanol–water partition coefficient (Wildman–Crippen LogP) is 11.3. The van der Waals surface area contributed by atoms with Crippen LogP contribution in [0.2, 0.25) is 0 Å². The van der Waals surface area contributed by atoms with Gasteiger partial charge in [0.2, 0.25) is 5.69 Å². The van der Waals surface area contributed by atoms with Gasteiger partial charge in [-0.15, -0.1) is 0 Å². The number of thiocarbonyl (C=S) groups is 1. The molecule has 0 bridgehead atoms. The second-order valence-corrected chi connectivity index (χ2v) is 18.6. The Morgan fingerprint density at radius 3 is 2.46 bits per heavy atom. The molecule has 10 heteroatoms. The molecule has 2 unspecified atom stereocenters. The molecule has 0 radical (unpaired) electrons. The molecule has 59 heavy (non-hydrogen) atoms. The zero-order valence-corrected chi connectivity index (χ0v) is 36.5. The summed E-state index contributed by atoms with van der Waals surface area (Å²) >= 11 is 4.88. The minimum absolute atomic E-state index is 0.0107. The second-order valence-electron chi connectivity index (χ2n) is 16.9. The Kier molecular flexibility index (Phi) is 12.7. The van der Waals surface area contributed by atoms with Gasteiger partial charge in [-0.2, -0.15) is 13.0 Å². The summed E-state index contributed by atoms with van der Waals surface area (Å²) < 4.78 is 47.3. The summed E-state index contributed by atoms with van der Waals surface area (Å²) in [4.78, 5) is 6.66. The summed E-state index contributed by atoms with van der Waals surface area (Å²) in [6.07, 6.45) is 14.7. The maximum Gasteiger partial charge on any atom is 0.264 e. The average Bonchev–Trinajstić information content (AvgIpc) is 3.58. The molecule has 308 valence electrons. The Morgan fingerprint density at radius 2 is 1.69 bits per heavy atom. The molecule has 4 aromatic carbocycles. The van der Waals surface area contributed by atoms with E-state index in [0.717, 1.165) is 55.9 Å². The number of hydrogen-bond donors (Lipinski definition) is 1. The van der Waals surface area contributed by atoms with Crippen molar-refractivity contribution in [2.24, 2.45) is 10.9 Å². The van der Waals surface area contributed by atoms with Crippen molar-refractivity contribution in [2.45, 2.75) is 89.6 Å². The molecule has 0 spiro atoms. The molecule has 0 fully saturated rings. The molecule has 0 saturated heterocycles. The predicted molar refractivity (Wildman–Crippen MR) is 242 cm³/mol. The normalized spacial score (nSPS) is 19.7. The number of hydrogen-bond acceptors (Lipinski definition) is 7. The van der Waals surface area contributed by atoms with Gasteiger partial charge in [-0.3, -0.25) is 4.55 Å². The number of fused-ring (bicyclic) bond motifs is 4. The fourth-order valence-electron chi connectivity index (χ4n) is 9.50. The molecule has 2 aliphatic heterocycles. The first-order valence-corrected chi connectivity index (χ1v) is 22.8. The van der Waals surface area contributed by atoms with Gasteiger partial charge in [0.1, 0.15) is 17.3 Å². The maximum atomic E-state index is 11.5. The monoisotopic (exact) mass is 830 g/mol. The number of allylic oxidation sites excluding steroid dienone is 4. The van der Waals surface area contributed by atoms with Gasteiger partial charge >= 0.3 is 0 Å². The zero-order chi connectivity index (χ0) is 41.8. The lowest BCUT2D eigenvalue weighted by atomic mass is 9.78. The van der Waals surface area contributed by atoms with Crippen molar-refractivity contribution < 1.29 is 27.0 Å². The third-order valence-corrected chi connectivity index (χ3v) is 13.3. The van der Waals surface area contributed by atoms with E-state index >= 15 is 0 Å². The highest BCUT2D eigenvalue weighted by atomic mass is 32.2. The van der Waals surface area contributed by atoms with Crippen LogP contribution in [0.4, 0.5) is 5.69 Å². The van der Waals surface area contributed by atoms with Gasteiger partial charge in [-0.25, -0.2) is 4.99 Å². The third kappa shape index (κ3) is 9.02. The number of rotatable bonds is 16. The lowest BCUT2D eigenvalue weighted by Gasteiger charge is -2.36. The summed E-state index contributed by atoms with van der Waals surface area (Å²) in [5.41, 5.74) is 6.94. The van der Waals surface area contributed by atoms with E-state index in [1.807, 2.05) is 24.3 Å². The van der Waals surface area contributed by atoms with E-state index in [2.05, 4.69) is 132 Å². The van der Waals surface area contributed by atoms with Crippen LogP contribution in [-0.4, -0.2) is 59.3 Å². The molecule has 8 nitrogen and oxygen atoms in total. The Hall–Kier alpha value is -4.86.